The van der Waals surface area contributed by atoms with E-state index in [1.807, 2.05) is 49.9 Å². The number of aryl methyl sites for hydroxylation is 1. The van der Waals surface area contributed by atoms with E-state index in [0.29, 0.717) is 37.3 Å². The molecule has 6 nitrogen and oxygen atoms in total. The number of hydrogen-bond donors (Lipinski definition) is 2. The van der Waals surface area contributed by atoms with E-state index in [1.165, 1.54) is 0 Å². The van der Waals surface area contributed by atoms with Crippen molar-refractivity contribution in [1.29, 1.82) is 0 Å². The van der Waals surface area contributed by atoms with Crippen LogP contribution < -0.4 is 10.1 Å². The third-order valence-corrected chi connectivity index (χ3v) is 6.31. The summed E-state index contributed by atoms with van der Waals surface area (Å²) in [6.45, 7) is 7.58. The lowest BCUT2D eigenvalue weighted by Gasteiger charge is -2.43. The Morgan fingerprint density at radius 1 is 1.23 bits per heavy atom. The van der Waals surface area contributed by atoms with E-state index in [2.05, 4.69) is 10.3 Å². The number of hydrogen-bond acceptors (Lipinski definition) is 3. The number of aromatic nitrogens is 1. The van der Waals surface area contributed by atoms with Gasteiger partial charge in [0.15, 0.2) is 0 Å². The molecule has 30 heavy (non-hydrogen) atoms. The lowest BCUT2D eigenvalue weighted by Crippen LogP contribution is -2.52. The minimum Gasteiger partial charge on any atom is -0.485 e. The monoisotopic (exact) mass is 409 g/mol. The standard InChI is InChI=1S/C24H31N3O3/c1-4-13-25-22(28)20-16(3)26-21(18(20)5-2)23(29)27-14-17-9-6-7-10-19(17)30-24(15-27)11-8-12-24/h6-7,9-10,26H,4-5,8,11-15H2,1-3H3,(H,25,28). The summed E-state index contributed by atoms with van der Waals surface area (Å²) in [5, 5.41) is 2.95. The first-order valence-electron chi connectivity index (χ1n) is 11.0. The molecule has 1 saturated carbocycles. The number of nitrogens with zero attached hydrogens (tertiary/aromatic N) is 1. The molecule has 1 fully saturated rings. The molecule has 2 amide bonds. The van der Waals surface area contributed by atoms with Gasteiger partial charge in [0.1, 0.15) is 17.0 Å². The summed E-state index contributed by atoms with van der Waals surface area (Å²) in [5.74, 6) is 0.711. The van der Waals surface area contributed by atoms with Gasteiger partial charge in [0.25, 0.3) is 11.8 Å². The van der Waals surface area contributed by atoms with E-state index in [4.69, 9.17) is 4.74 Å². The molecule has 1 spiro atoms. The molecule has 6 heteroatoms. The van der Waals surface area contributed by atoms with Crippen LogP contribution in [0.15, 0.2) is 24.3 Å². The maximum absolute atomic E-state index is 13.7. The Kier molecular flexibility index (Phi) is 5.58. The Morgan fingerprint density at radius 2 is 2.00 bits per heavy atom. The number of para-hydroxylation sites is 1. The highest BCUT2D eigenvalue weighted by Crippen LogP contribution is 2.41. The van der Waals surface area contributed by atoms with Gasteiger partial charge in [0.05, 0.1) is 12.1 Å². The van der Waals surface area contributed by atoms with Crippen molar-refractivity contribution in [3.8, 4) is 5.75 Å². The van der Waals surface area contributed by atoms with Crippen LogP contribution in [0, 0.1) is 6.92 Å². The first kappa shape index (κ1) is 20.5. The molecule has 1 aromatic heterocycles. The molecule has 0 radical (unpaired) electrons. The third kappa shape index (κ3) is 3.59. The molecule has 0 saturated heterocycles. The van der Waals surface area contributed by atoms with E-state index >= 15 is 0 Å². The van der Waals surface area contributed by atoms with Crippen LogP contribution in [0.1, 0.15) is 77.2 Å². The number of carbonyl (C=O) groups is 2. The van der Waals surface area contributed by atoms with Gasteiger partial charge in [-0.1, -0.05) is 32.0 Å². The Balaban J connectivity index is 1.68. The SMILES string of the molecule is CCCNC(=O)c1c(C)[nH]c(C(=O)N2Cc3ccccc3OC3(CCC3)C2)c1CC. The van der Waals surface area contributed by atoms with Crippen molar-refractivity contribution in [2.45, 2.75) is 65.0 Å². The highest BCUT2D eigenvalue weighted by molar-refractivity contribution is 6.02. The molecule has 1 aliphatic heterocycles. The van der Waals surface area contributed by atoms with Gasteiger partial charge in [-0.3, -0.25) is 9.59 Å². The topological polar surface area (TPSA) is 74.4 Å². The first-order valence-corrected chi connectivity index (χ1v) is 11.0. The second-order valence-electron chi connectivity index (χ2n) is 8.50. The summed E-state index contributed by atoms with van der Waals surface area (Å²) < 4.78 is 6.40. The zero-order valence-corrected chi connectivity index (χ0v) is 18.1. The molecule has 1 aliphatic carbocycles. The summed E-state index contributed by atoms with van der Waals surface area (Å²) in [6, 6.07) is 7.98. The quantitative estimate of drug-likeness (QED) is 0.784. The van der Waals surface area contributed by atoms with E-state index in [0.717, 1.165) is 48.3 Å². The van der Waals surface area contributed by atoms with E-state index in [-0.39, 0.29) is 17.4 Å². The minimum absolute atomic E-state index is 0.0592. The molecule has 0 unspecified atom stereocenters. The number of H-pyrrole nitrogens is 1. The van der Waals surface area contributed by atoms with E-state index in [9.17, 15) is 9.59 Å². The van der Waals surface area contributed by atoms with Gasteiger partial charge in [-0.2, -0.15) is 0 Å². The van der Waals surface area contributed by atoms with Crippen LogP contribution in [0.5, 0.6) is 5.75 Å². The minimum atomic E-state index is -0.294. The molecule has 4 rings (SSSR count). The maximum atomic E-state index is 13.7. The number of rotatable bonds is 5. The lowest BCUT2D eigenvalue weighted by molar-refractivity contribution is -0.0248. The molecule has 2 aromatic rings. The second kappa shape index (κ2) is 8.17. The molecule has 2 N–H and O–H groups in total. The molecule has 0 bridgehead atoms. The van der Waals surface area contributed by atoms with Crippen LogP contribution in [0.25, 0.3) is 0 Å². The maximum Gasteiger partial charge on any atom is 0.271 e. The Morgan fingerprint density at radius 3 is 2.67 bits per heavy atom. The van der Waals surface area contributed by atoms with Crippen LogP contribution >= 0.6 is 0 Å². The average molecular weight is 410 g/mol. The van der Waals surface area contributed by atoms with Gasteiger partial charge < -0.3 is 19.9 Å². The van der Waals surface area contributed by atoms with Crippen molar-refractivity contribution in [2.75, 3.05) is 13.1 Å². The molecule has 0 atom stereocenters. The highest BCUT2D eigenvalue weighted by Gasteiger charge is 2.44. The fraction of sp³-hybridized carbons (Fsp3) is 0.500. The van der Waals surface area contributed by atoms with Gasteiger partial charge in [0, 0.05) is 24.3 Å². The molecule has 1 aromatic carbocycles. The van der Waals surface area contributed by atoms with Crippen molar-refractivity contribution >= 4 is 11.8 Å². The van der Waals surface area contributed by atoms with Gasteiger partial charge in [-0.05, 0) is 50.7 Å². The smallest absolute Gasteiger partial charge is 0.271 e. The van der Waals surface area contributed by atoms with Gasteiger partial charge in [0.2, 0.25) is 0 Å². The van der Waals surface area contributed by atoms with Crippen LogP contribution in [0.3, 0.4) is 0 Å². The molecule has 2 aliphatic rings. The van der Waals surface area contributed by atoms with Crippen molar-refractivity contribution in [2.24, 2.45) is 0 Å². The fourth-order valence-electron chi connectivity index (χ4n) is 4.59. The Hall–Kier alpha value is -2.76. The number of carbonyl (C=O) groups excluding carboxylic acids is 2. The summed E-state index contributed by atoms with van der Waals surface area (Å²) in [6.07, 6.45) is 4.53. The molecule has 2 heterocycles. The molecular weight excluding hydrogens is 378 g/mol. The lowest BCUT2D eigenvalue weighted by atomic mass is 9.79. The van der Waals surface area contributed by atoms with Crippen LogP contribution in [0.2, 0.25) is 0 Å². The largest absolute Gasteiger partial charge is 0.485 e. The predicted molar refractivity (Wildman–Crippen MR) is 116 cm³/mol. The predicted octanol–water partition coefficient (Wildman–Crippen LogP) is 3.98. The van der Waals surface area contributed by atoms with Crippen LogP contribution in [0.4, 0.5) is 0 Å². The Bertz CT molecular complexity index is 959. The number of benzene rings is 1. The first-order chi connectivity index (χ1) is 14.5. The average Bonchev–Trinajstić information content (AvgIpc) is 2.94. The fourth-order valence-corrected chi connectivity index (χ4v) is 4.59. The van der Waals surface area contributed by atoms with Gasteiger partial charge in [-0.15, -0.1) is 0 Å². The summed E-state index contributed by atoms with van der Waals surface area (Å²) in [5.41, 5.74) is 3.42. The Labute approximate surface area is 178 Å². The van der Waals surface area contributed by atoms with Crippen molar-refractivity contribution < 1.29 is 14.3 Å². The van der Waals surface area contributed by atoms with Crippen LogP contribution in [-0.4, -0.2) is 40.4 Å². The number of nitrogens with one attached hydrogen (secondary N) is 2. The van der Waals surface area contributed by atoms with Crippen molar-refractivity contribution in [3.63, 3.8) is 0 Å². The number of aromatic amines is 1. The third-order valence-electron chi connectivity index (χ3n) is 6.31. The normalized spacial score (nSPS) is 17.0. The van der Waals surface area contributed by atoms with E-state index < -0.39 is 0 Å². The summed E-state index contributed by atoms with van der Waals surface area (Å²) in [4.78, 5) is 31.5. The van der Waals surface area contributed by atoms with Crippen LogP contribution in [-0.2, 0) is 13.0 Å². The summed E-state index contributed by atoms with van der Waals surface area (Å²) in [7, 11) is 0. The zero-order chi connectivity index (χ0) is 21.3. The second-order valence-corrected chi connectivity index (χ2v) is 8.50. The van der Waals surface area contributed by atoms with Crippen molar-refractivity contribution in [1.82, 2.24) is 15.2 Å². The van der Waals surface area contributed by atoms with Crippen molar-refractivity contribution in [3.05, 3.63) is 52.3 Å². The summed E-state index contributed by atoms with van der Waals surface area (Å²) >= 11 is 0. The van der Waals surface area contributed by atoms with E-state index in [1.54, 1.807) is 0 Å². The number of amides is 2. The highest BCUT2D eigenvalue weighted by atomic mass is 16.5. The molecular formula is C24H31N3O3. The number of fused-ring (bicyclic) bond motifs is 1. The van der Waals surface area contributed by atoms with Gasteiger partial charge >= 0.3 is 0 Å². The zero-order valence-electron chi connectivity index (χ0n) is 18.1. The molecule has 160 valence electrons. The number of ether oxygens (including phenoxy) is 1. The van der Waals surface area contributed by atoms with Gasteiger partial charge in [-0.25, -0.2) is 0 Å².